The van der Waals surface area contributed by atoms with Crippen LogP contribution in [0.3, 0.4) is 0 Å². The summed E-state index contributed by atoms with van der Waals surface area (Å²) in [6.07, 6.45) is 1.20. The van der Waals surface area contributed by atoms with Gasteiger partial charge in [0, 0.05) is 19.3 Å². The molecule has 0 aromatic carbocycles. The van der Waals surface area contributed by atoms with Gasteiger partial charge in [-0.3, -0.25) is 9.78 Å². The van der Waals surface area contributed by atoms with Crippen molar-refractivity contribution in [2.45, 2.75) is 38.9 Å². The lowest BCUT2D eigenvalue weighted by atomic mass is 9.98. The molecule has 2 heterocycles. The minimum atomic E-state index is -1.06. The van der Waals surface area contributed by atoms with E-state index in [-0.39, 0.29) is 17.2 Å². The number of amides is 1. The summed E-state index contributed by atoms with van der Waals surface area (Å²) in [5.41, 5.74) is -0.556. The number of hydrogen-bond acceptors (Lipinski definition) is 4. The van der Waals surface area contributed by atoms with E-state index in [4.69, 9.17) is 9.84 Å². The average Bonchev–Trinajstić information content (AvgIpc) is 2.34. The predicted molar refractivity (Wildman–Crippen MR) is 76.3 cm³/mol. The molecule has 1 aromatic rings. The fourth-order valence-corrected chi connectivity index (χ4v) is 2.74. The summed E-state index contributed by atoms with van der Waals surface area (Å²) in [6.45, 7) is 8.70. The van der Waals surface area contributed by atoms with E-state index in [2.05, 4.69) is 4.98 Å². The first-order valence-electron chi connectivity index (χ1n) is 6.78. The molecule has 0 spiro atoms. The third-order valence-corrected chi connectivity index (χ3v) is 3.21. The van der Waals surface area contributed by atoms with Crippen molar-refractivity contribution < 1.29 is 19.4 Å². The third kappa shape index (κ3) is 3.58. The Morgan fingerprint density at radius 1 is 1.19 bits per heavy atom. The second-order valence-corrected chi connectivity index (χ2v) is 6.52. The van der Waals surface area contributed by atoms with Gasteiger partial charge in [-0.15, -0.1) is 0 Å². The van der Waals surface area contributed by atoms with E-state index in [1.807, 2.05) is 27.7 Å². The van der Waals surface area contributed by atoms with Crippen molar-refractivity contribution in [3.05, 3.63) is 29.6 Å². The molecule has 0 saturated carbocycles. The van der Waals surface area contributed by atoms with Gasteiger partial charge in [0.05, 0.1) is 16.8 Å². The molecule has 0 unspecified atom stereocenters. The zero-order chi connectivity index (χ0) is 15.8. The van der Waals surface area contributed by atoms with Crippen molar-refractivity contribution in [3.63, 3.8) is 0 Å². The van der Waals surface area contributed by atoms with Crippen LogP contribution in [0.25, 0.3) is 0 Å². The largest absolute Gasteiger partial charge is 0.478 e. The number of carbonyl (C=O) groups is 2. The Balaban J connectivity index is 2.21. The molecule has 6 heteroatoms. The van der Waals surface area contributed by atoms with Crippen LogP contribution >= 0.6 is 0 Å². The first-order chi connectivity index (χ1) is 9.60. The molecule has 6 nitrogen and oxygen atoms in total. The molecule has 0 bridgehead atoms. The molecule has 21 heavy (non-hydrogen) atoms. The highest BCUT2D eigenvalue weighted by atomic mass is 16.5. The van der Waals surface area contributed by atoms with E-state index in [0.717, 1.165) is 0 Å². The fourth-order valence-electron chi connectivity index (χ4n) is 2.74. The van der Waals surface area contributed by atoms with Crippen LogP contribution < -0.4 is 0 Å². The maximum absolute atomic E-state index is 12.5. The molecule has 1 fully saturated rings. The molecule has 1 N–H and O–H groups in total. The minimum absolute atomic E-state index is 0.0641. The number of ether oxygens (including phenoxy) is 1. The maximum atomic E-state index is 12.5. The lowest BCUT2D eigenvalue weighted by Gasteiger charge is -2.47. The third-order valence-electron chi connectivity index (χ3n) is 3.21. The van der Waals surface area contributed by atoms with Crippen molar-refractivity contribution >= 4 is 11.9 Å². The average molecular weight is 292 g/mol. The second kappa shape index (κ2) is 5.11. The van der Waals surface area contributed by atoms with Crippen LogP contribution in [0.5, 0.6) is 0 Å². The van der Waals surface area contributed by atoms with Crippen molar-refractivity contribution in [2.24, 2.45) is 0 Å². The lowest BCUT2D eigenvalue weighted by molar-refractivity contribution is -0.171. The number of morpholine rings is 1. The SMILES string of the molecule is CC1(C)CN(C(=O)c2ccc(C(=O)O)cn2)CC(C)(C)O1. The monoisotopic (exact) mass is 292 g/mol. The summed E-state index contributed by atoms with van der Waals surface area (Å²) in [5.74, 6) is -1.27. The highest BCUT2D eigenvalue weighted by Crippen LogP contribution is 2.28. The molecule has 114 valence electrons. The van der Waals surface area contributed by atoms with Gasteiger partial charge in [0.1, 0.15) is 5.69 Å². The van der Waals surface area contributed by atoms with Crippen molar-refractivity contribution in [1.29, 1.82) is 0 Å². The lowest BCUT2D eigenvalue weighted by Crippen LogP contribution is -2.58. The number of nitrogens with zero attached hydrogens (tertiary/aromatic N) is 2. The molecule has 1 amide bonds. The Morgan fingerprint density at radius 3 is 2.19 bits per heavy atom. The normalized spacial score (nSPS) is 20.1. The summed E-state index contributed by atoms with van der Waals surface area (Å²) in [4.78, 5) is 29.0. The van der Waals surface area contributed by atoms with Crippen LogP contribution in [0.15, 0.2) is 18.3 Å². The van der Waals surface area contributed by atoms with Gasteiger partial charge >= 0.3 is 5.97 Å². The Kier molecular flexibility index (Phi) is 3.76. The zero-order valence-corrected chi connectivity index (χ0v) is 12.7. The molecule has 1 saturated heterocycles. The summed E-state index contributed by atoms with van der Waals surface area (Å²) in [6, 6.07) is 2.83. The summed E-state index contributed by atoms with van der Waals surface area (Å²) in [5, 5.41) is 8.85. The number of carboxylic acids is 1. The van der Waals surface area contributed by atoms with Crippen LogP contribution in [-0.2, 0) is 4.74 Å². The predicted octanol–water partition coefficient (Wildman–Crippen LogP) is 1.81. The topological polar surface area (TPSA) is 79.7 Å². The van der Waals surface area contributed by atoms with Gasteiger partial charge in [-0.2, -0.15) is 0 Å². The zero-order valence-electron chi connectivity index (χ0n) is 12.7. The van der Waals surface area contributed by atoms with E-state index >= 15 is 0 Å². The smallest absolute Gasteiger partial charge is 0.337 e. The van der Waals surface area contributed by atoms with Crippen molar-refractivity contribution in [3.8, 4) is 0 Å². The molecule has 1 aromatic heterocycles. The fraction of sp³-hybridized carbons (Fsp3) is 0.533. The van der Waals surface area contributed by atoms with Crippen LogP contribution in [0.4, 0.5) is 0 Å². The van der Waals surface area contributed by atoms with E-state index < -0.39 is 17.2 Å². The number of pyridine rings is 1. The molecule has 1 aliphatic heterocycles. The number of carboxylic acid groups (broad SMARTS) is 1. The van der Waals surface area contributed by atoms with Crippen LogP contribution in [-0.4, -0.2) is 51.2 Å². The highest BCUT2D eigenvalue weighted by molar-refractivity contribution is 5.94. The van der Waals surface area contributed by atoms with Crippen LogP contribution in [0, 0.1) is 0 Å². The van der Waals surface area contributed by atoms with Crippen molar-refractivity contribution in [1.82, 2.24) is 9.88 Å². The van der Waals surface area contributed by atoms with Crippen molar-refractivity contribution in [2.75, 3.05) is 13.1 Å². The number of hydrogen-bond donors (Lipinski definition) is 1. The number of aromatic carboxylic acids is 1. The Hall–Kier alpha value is -1.95. The molecular weight excluding hydrogens is 272 g/mol. The second-order valence-electron chi connectivity index (χ2n) is 6.52. The van der Waals surface area contributed by atoms with Gasteiger partial charge in [-0.25, -0.2) is 4.79 Å². The Labute approximate surface area is 123 Å². The first-order valence-corrected chi connectivity index (χ1v) is 6.78. The Bertz CT molecular complexity index is 548. The molecule has 0 atom stereocenters. The van der Waals surface area contributed by atoms with E-state index in [1.165, 1.54) is 18.3 Å². The van der Waals surface area contributed by atoms with Crippen LogP contribution in [0.1, 0.15) is 48.5 Å². The van der Waals surface area contributed by atoms with Crippen LogP contribution in [0.2, 0.25) is 0 Å². The Morgan fingerprint density at radius 2 is 1.76 bits per heavy atom. The van der Waals surface area contributed by atoms with E-state index in [1.54, 1.807) is 4.90 Å². The molecular formula is C15H20N2O4. The quantitative estimate of drug-likeness (QED) is 0.899. The minimum Gasteiger partial charge on any atom is -0.478 e. The highest BCUT2D eigenvalue weighted by Gasteiger charge is 2.40. The van der Waals surface area contributed by atoms with Gasteiger partial charge < -0.3 is 14.7 Å². The first kappa shape index (κ1) is 15.4. The standard InChI is InChI=1S/C15H20N2O4/c1-14(2)8-17(9-15(3,4)21-14)12(18)11-6-5-10(7-16-11)13(19)20/h5-7H,8-9H2,1-4H3,(H,19,20). The van der Waals surface area contributed by atoms with Gasteiger partial charge in [0.25, 0.3) is 5.91 Å². The molecule has 2 rings (SSSR count). The van der Waals surface area contributed by atoms with E-state index in [0.29, 0.717) is 13.1 Å². The van der Waals surface area contributed by atoms with Gasteiger partial charge in [-0.1, -0.05) is 0 Å². The van der Waals surface area contributed by atoms with Gasteiger partial charge in [0.2, 0.25) is 0 Å². The molecule has 1 aliphatic rings. The van der Waals surface area contributed by atoms with Gasteiger partial charge in [-0.05, 0) is 39.8 Å². The molecule has 0 aliphatic carbocycles. The maximum Gasteiger partial charge on any atom is 0.337 e. The number of carbonyl (C=O) groups excluding carboxylic acids is 1. The number of rotatable bonds is 2. The summed E-state index contributed by atoms with van der Waals surface area (Å²) < 4.78 is 5.94. The summed E-state index contributed by atoms with van der Waals surface area (Å²) in [7, 11) is 0. The number of aromatic nitrogens is 1. The summed E-state index contributed by atoms with van der Waals surface area (Å²) >= 11 is 0. The van der Waals surface area contributed by atoms with Gasteiger partial charge in [0.15, 0.2) is 0 Å². The van der Waals surface area contributed by atoms with E-state index in [9.17, 15) is 9.59 Å². The molecule has 0 radical (unpaired) electrons.